The number of hydrogen-bond acceptors (Lipinski definition) is 3. The summed E-state index contributed by atoms with van der Waals surface area (Å²) in [5, 5.41) is 8.21. The second kappa shape index (κ2) is 5.09. The number of hydrogen-bond donors (Lipinski definition) is 1. The summed E-state index contributed by atoms with van der Waals surface area (Å²) in [5.41, 5.74) is 3.99. The minimum atomic E-state index is 0. The molecular weight excluding hydrogens is 304 g/mol. The predicted octanol–water partition coefficient (Wildman–Crippen LogP) is 3.02. The van der Waals surface area contributed by atoms with Crippen molar-refractivity contribution >= 4 is 28.8 Å². The number of rotatable bonds is 1. The molecule has 0 atom stereocenters. The molecule has 98 valence electrons. The summed E-state index contributed by atoms with van der Waals surface area (Å²) in [6, 6.07) is 9.92. The Morgan fingerprint density at radius 3 is 2.37 bits per heavy atom. The highest BCUT2D eigenvalue weighted by atomic mass is 79.9. The van der Waals surface area contributed by atoms with E-state index in [0.717, 1.165) is 22.5 Å². The SMILES string of the molecule is Br.Cc1cc(C)nc(N2Cc3ccccc3C2=N)n1. The van der Waals surface area contributed by atoms with Crippen LogP contribution in [0.25, 0.3) is 0 Å². The van der Waals surface area contributed by atoms with Crippen molar-refractivity contribution in [2.45, 2.75) is 20.4 Å². The molecule has 19 heavy (non-hydrogen) atoms. The summed E-state index contributed by atoms with van der Waals surface area (Å²) in [6.45, 7) is 4.58. The van der Waals surface area contributed by atoms with E-state index < -0.39 is 0 Å². The van der Waals surface area contributed by atoms with Crippen molar-refractivity contribution in [3.05, 3.63) is 52.8 Å². The van der Waals surface area contributed by atoms with Gasteiger partial charge in [-0.25, -0.2) is 9.97 Å². The topological polar surface area (TPSA) is 52.9 Å². The molecule has 1 aromatic heterocycles. The maximum Gasteiger partial charge on any atom is 0.231 e. The Labute approximate surface area is 122 Å². The monoisotopic (exact) mass is 318 g/mol. The van der Waals surface area contributed by atoms with E-state index >= 15 is 0 Å². The molecule has 1 N–H and O–H groups in total. The van der Waals surface area contributed by atoms with E-state index in [0.29, 0.717) is 18.3 Å². The van der Waals surface area contributed by atoms with Crippen molar-refractivity contribution in [3.63, 3.8) is 0 Å². The Hall–Kier alpha value is -1.75. The molecule has 0 spiro atoms. The van der Waals surface area contributed by atoms with Gasteiger partial charge in [-0.05, 0) is 25.5 Å². The van der Waals surface area contributed by atoms with Crippen LogP contribution in [0.15, 0.2) is 30.3 Å². The van der Waals surface area contributed by atoms with E-state index in [4.69, 9.17) is 5.41 Å². The molecule has 0 fully saturated rings. The average Bonchev–Trinajstić information content (AvgIpc) is 2.66. The fourth-order valence-corrected chi connectivity index (χ4v) is 2.28. The van der Waals surface area contributed by atoms with Gasteiger partial charge in [0.05, 0.1) is 6.54 Å². The molecule has 1 aliphatic heterocycles. The first-order chi connectivity index (χ1) is 8.65. The Balaban J connectivity index is 0.00000133. The summed E-state index contributed by atoms with van der Waals surface area (Å²) in [4.78, 5) is 10.7. The van der Waals surface area contributed by atoms with Crippen LogP contribution in [0.5, 0.6) is 0 Å². The Morgan fingerprint density at radius 1 is 1.11 bits per heavy atom. The third kappa shape index (κ3) is 2.38. The quantitative estimate of drug-likeness (QED) is 0.879. The smallest absolute Gasteiger partial charge is 0.231 e. The average molecular weight is 319 g/mol. The van der Waals surface area contributed by atoms with Gasteiger partial charge in [0.2, 0.25) is 5.95 Å². The van der Waals surface area contributed by atoms with Crippen molar-refractivity contribution in [3.8, 4) is 0 Å². The van der Waals surface area contributed by atoms with Crippen LogP contribution in [-0.2, 0) is 6.54 Å². The van der Waals surface area contributed by atoms with Crippen LogP contribution in [0.4, 0.5) is 5.95 Å². The van der Waals surface area contributed by atoms with Gasteiger partial charge in [0.15, 0.2) is 0 Å². The minimum absolute atomic E-state index is 0. The van der Waals surface area contributed by atoms with Gasteiger partial charge in [-0.2, -0.15) is 0 Å². The summed E-state index contributed by atoms with van der Waals surface area (Å²) < 4.78 is 0. The Bertz CT molecular complexity index is 619. The van der Waals surface area contributed by atoms with Crippen LogP contribution in [0, 0.1) is 19.3 Å². The number of nitrogens with one attached hydrogen (secondary N) is 1. The molecule has 1 aliphatic rings. The lowest BCUT2D eigenvalue weighted by molar-refractivity contribution is 0.934. The molecule has 0 saturated heterocycles. The molecule has 2 aromatic rings. The molecule has 0 saturated carbocycles. The van der Waals surface area contributed by atoms with E-state index in [-0.39, 0.29) is 17.0 Å². The number of aryl methyl sites for hydroxylation is 2. The molecule has 0 aliphatic carbocycles. The van der Waals surface area contributed by atoms with E-state index in [9.17, 15) is 0 Å². The standard InChI is InChI=1S/C14H14N4.BrH/c1-9-7-10(2)17-14(16-9)18-8-11-5-3-4-6-12(11)13(18)15;/h3-7,15H,8H2,1-2H3;1H. The lowest BCUT2D eigenvalue weighted by atomic mass is 10.1. The van der Waals surface area contributed by atoms with Crippen molar-refractivity contribution in [2.24, 2.45) is 0 Å². The lowest BCUT2D eigenvalue weighted by Gasteiger charge is -2.16. The third-order valence-electron chi connectivity index (χ3n) is 3.08. The first-order valence-corrected chi connectivity index (χ1v) is 5.92. The third-order valence-corrected chi connectivity index (χ3v) is 3.08. The first kappa shape index (κ1) is 13.7. The number of fused-ring (bicyclic) bond motifs is 1. The van der Waals surface area contributed by atoms with Crippen molar-refractivity contribution in [1.82, 2.24) is 9.97 Å². The van der Waals surface area contributed by atoms with Gasteiger partial charge in [-0.3, -0.25) is 10.3 Å². The van der Waals surface area contributed by atoms with Gasteiger partial charge in [0.1, 0.15) is 5.84 Å². The second-order valence-corrected chi connectivity index (χ2v) is 4.54. The highest BCUT2D eigenvalue weighted by Crippen LogP contribution is 2.25. The summed E-state index contributed by atoms with van der Waals surface area (Å²) in [7, 11) is 0. The van der Waals surface area contributed by atoms with Gasteiger partial charge in [-0.15, -0.1) is 17.0 Å². The molecule has 0 amide bonds. The maximum atomic E-state index is 8.21. The number of anilines is 1. The van der Waals surface area contributed by atoms with Crippen LogP contribution < -0.4 is 4.90 Å². The molecule has 3 rings (SSSR count). The second-order valence-electron chi connectivity index (χ2n) is 4.54. The summed E-state index contributed by atoms with van der Waals surface area (Å²) in [5.74, 6) is 1.10. The van der Waals surface area contributed by atoms with Gasteiger partial charge < -0.3 is 0 Å². The van der Waals surface area contributed by atoms with Gasteiger partial charge in [-0.1, -0.05) is 24.3 Å². The van der Waals surface area contributed by atoms with Crippen LogP contribution in [-0.4, -0.2) is 15.8 Å². The van der Waals surface area contributed by atoms with Crippen molar-refractivity contribution < 1.29 is 0 Å². The van der Waals surface area contributed by atoms with E-state index in [1.807, 2.05) is 49.1 Å². The molecule has 0 bridgehead atoms. The van der Waals surface area contributed by atoms with Gasteiger partial charge >= 0.3 is 0 Å². The fraction of sp³-hybridized carbons (Fsp3) is 0.214. The van der Waals surface area contributed by atoms with Crippen LogP contribution >= 0.6 is 17.0 Å². The highest BCUT2D eigenvalue weighted by molar-refractivity contribution is 8.93. The van der Waals surface area contributed by atoms with Crippen LogP contribution in [0.3, 0.4) is 0 Å². The zero-order chi connectivity index (χ0) is 12.7. The maximum absolute atomic E-state index is 8.21. The summed E-state index contributed by atoms with van der Waals surface area (Å²) in [6.07, 6.45) is 0. The van der Waals surface area contributed by atoms with Gasteiger partial charge in [0, 0.05) is 17.0 Å². The number of nitrogens with zero attached hydrogens (tertiary/aromatic N) is 3. The number of benzene rings is 1. The van der Waals surface area contributed by atoms with E-state index in [2.05, 4.69) is 9.97 Å². The number of halogens is 1. The zero-order valence-corrected chi connectivity index (χ0v) is 12.6. The lowest BCUT2D eigenvalue weighted by Crippen LogP contribution is -2.25. The zero-order valence-electron chi connectivity index (χ0n) is 10.8. The largest absolute Gasteiger partial charge is 0.290 e. The first-order valence-electron chi connectivity index (χ1n) is 5.92. The fourth-order valence-electron chi connectivity index (χ4n) is 2.28. The Morgan fingerprint density at radius 2 is 1.74 bits per heavy atom. The molecule has 4 nitrogen and oxygen atoms in total. The molecular formula is C14H15BrN4. The van der Waals surface area contributed by atoms with Crippen LogP contribution in [0.1, 0.15) is 22.5 Å². The molecule has 1 aromatic carbocycles. The van der Waals surface area contributed by atoms with E-state index in [1.54, 1.807) is 0 Å². The van der Waals surface area contributed by atoms with Gasteiger partial charge in [0.25, 0.3) is 0 Å². The van der Waals surface area contributed by atoms with E-state index in [1.165, 1.54) is 0 Å². The van der Waals surface area contributed by atoms with Crippen molar-refractivity contribution in [1.29, 1.82) is 5.41 Å². The molecule has 2 heterocycles. The number of amidine groups is 1. The van der Waals surface area contributed by atoms with Crippen LogP contribution in [0.2, 0.25) is 0 Å². The predicted molar refractivity (Wildman–Crippen MR) is 81.3 cm³/mol. The molecule has 5 heteroatoms. The highest BCUT2D eigenvalue weighted by Gasteiger charge is 2.26. The Kier molecular flexibility index (Phi) is 3.66. The summed E-state index contributed by atoms with van der Waals surface area (Å²) >= 11 is 0. The van der Waals surface area contributed by atoms with Crippen molar-refractivity contribution in [2.75, 3.05) is 4.90 Å². The molecule has 0 unspecified atom stereocenters. The minimum Gasteiger partial charge on any atom is -0.290 e. The number of aromatic nitrogens is 2. The normalized spacial score (nSPS) is 13.2. The molecule has 0 radical (unpaired) electrons.